The molecule has 0 saturated heterocycles. The summed E-state index contributed by atoms with van der Waals surface area (Å²) >= 11 is 0. The fraction of sp³-hybridized carbons (Fsp3) is 0.350. The molecule has 1 aliphatic heterocycles. The standard InChI is InChI=1S/C20H25N3O2/c1-3-14-4-6-15(7-5-14)18(13-24)22-20(25)21-17-9-8-16-10-11-23(2)19(16)12-17/h4-9,12,18,24H,3,10-11,13H2,1-2H3,(H2,21,22,25). The molecule has 0 saturated carbocycles. The molecule has 5 nitrogen and oxygen atoms in total. The number of aliphatic hydroxyl groups excluding tert-OH is 1. The second kappa shape index (κ2) is 7.57. The predicted molar refractivity (Wildman–Crippen MR) is 101 cm³/mol. The van der Waals surface area contributed by atoms with Crippen molar-refractivity contribution in [3.05, 3.63) is 59.2 Å². The molecule has 3 N–H and O–H groups in total. The number of aryl methyl sites for hydroxylation is 1. The summed E-state index contributed by atoms with van der Waals surface area (Å²) in [6, 6.07) is 13.2. The van der Waals surface area contributed by atoms with Crippen LogP contribution in [0.15, 0.2) is 42.5 Å². The number of nitrogens with zero attached hydrogens (tertiary/aromatic N) is 1. The molecule has 1 heterocycles. The summed E-state index contributed by atoms with van der Waals surface area (Å²) in [7, 11) is 2.05. The smallest absolute Gasteiger partial charge is 0.319 e. The summed E-state index contributed by atoms with van der Waals surface area (Å²) in [5.41, 5.74) is 5.34. The summed E-state index contributed by atoms with van der Waals surface area (Å²) in [5, 5.41) is 15.3. The van der Waals surface area contributed by atoms with Crippen LogP contribution in [0.1, 0.15) is 29.7 Å². The zero-order valence-corrected chi connectivity index (χ0v) is 14.7. The first-order chi connectivity index (χ1) is 12.1. The van der Waals surface area contributed by atoms with Crippen molar-refractivity contribution < 1.29 is 9.90 Å². The van der Waals surface area contributed by atoms with Gasteiger partial charge in [0.2, 0.25) is 0 Å². The Labute approximate surface area is 148 Å². The van der Waals surface area contributed by atoms with Crippen molar-refractivity contribution >= 4 is 17.4 Å². The van der Waals surface area contributed by atoms with E-state index in [4.69, 9.17) is 0 Å². The van der Waals surface area contributed by atoms with E-state index in [1.54, 1.807) is 0 Å². The van der Waals surface area contributed by atoms with E-state index in [1.807, 2.05) is 36.4 Å². The van der Waals surface area contributed by atoms with Crippen molar-refractivity contribution in [3.8, 4) is 0 Å². The van der Waals surface area contributed by atoms with Gasteiger partial charge in [0.15, 0.2) is 0 Å². The van der Waals surface area contributed by atoms with Gasteiger partial charge in [-0.05, 0) is 41.7 Å². The van der Waals surface area contributed by atoms with Gasteiger partial charge in [-0.1, -0.05) is 37.3 Å². The average molecular weight is 339 g/mol. The molecule has 0 spiro atoms. The lowest BCUT2D eigenvalue weighted by Crippen LogP contribution is -2.34. The monoisotopic (exact) mass is 339 g/mol. The van der Waals surface area contributed by atoms with Gasteiger partial charge in [0, 0.05) is 25.0 Å². The molecule has 1 unspecified atom stereocenters. The van der Waals surface area contributed by atoms with E-state index in [-0.39, 0.29) is 12.6 Å². The highest BCUT2D eigenvalue weighted by molar-refractivity contribution is 5.90. The Morgan fingerprint density at radius 1 is 1.24 bits per heavy atom. The number of amides is 2. The Bertz CT molecular complexity index is 743. The van der Waals surface area contributed by atoms with Crippen LogP contribution in [0.3, 0.4) is 0 Å². The maximum Gasteiger partial charge on any atom is 0.319 e. The van der Waals surface area contributed by atoms with E-state index >= 15 is 0 Å². The molecule has 2 aromatic rings. The minimum atomic E-state index is -0.428. The third-order valence-corrected chi connectivity index (χ3v) is 4.75. The van der Waals surface area contributed by atoms with Gasteiger partial charge < -0.3 is 20.6 Å². The number of nitrogens with one attached hydrogen (secondary N) is 2. The zero-order valence-electron chi connectivity index (χ0n) is 14.7. The molecule has 132 valence electrons. The molecule has 3 rings (SSSR count). The van der Waals surface area contributed by atoms with Crippen LogP contribution in [0.25, 0.3) is 0 Å². The first-order valence-electron chi connectivity index (χ1n) is 8.72. The van der Waals surface area contributed by atoms with Gasteiger partial charge in [0.05, 0.1) is 12.6 Å². The molecule has 0 aromatic heterocycles. The highest BCUT2D eigenvalue weighted by Crippen LogP contribution is 2.29. The summed E-state index contributed by atoms with van der Waals surface area (Å²) in [6.07, 6.45) is 2.00. The van der Waals surface area contributed by atoms with Crippen molar-refractivity contribution in [3.63, 3.8) is 0 Å². The number of carbonyl (C=O) groups is 1. The van der Waals surface area contributed by atoms with E-state index in [0.29, 0.717) is 0 Å². The number of hydrogen-bond donors (Lipinski definition) is 3. The predicted octanol–water partition coefficient (Wildman–Crippen LogP) is 3.10. The Kier molecular flexibility index (Phi) is 5.24. The summed E-state index contributed by atoms with van der Waals surface area (Å²) < 4.78 is 0. The fourth-order valence-corrected chi connectivity index (χ4v) is 3.16. The minimum Gasteiger partial charge on any atom is -0.394 e. The number of hydrogen-bond acceptors (Lipinski definition) is 3. The molecule has 1 atom stereocenters. The van der Waals surface area contributed by atoms with E-state index in [0.717, 1.165) is 36.3 Å². The van der Waals surface area contributed by atoms with Crippen molar-refractivity contribution in [2.75, 3.05) is 30.4 Å². The number of urea groups is 1. The van der Waals surface area contributed by atoms with Crippen LogP contribution in [0, 0.1) is 0 Å². The number of anilines is 2. The fourth-order valence-electron chi connectivity index (χ4n) is 3.16. The normalized spacial score (nSPS) is 14.1. The van der Waals surface area contributed by atoms with Crippen LogP contribution in [-0.4, -0.2) is 31.3 Å². The maximum atomic E-state index is 12.3. The number of fused-ring (bicyclic) bond motifs is 1. The van der Waals surface area contributed by atoms with E-state index in [1.165, 1.54) is 11.1 Å². The van der Waals surface area contributed by atoms with Gasteiger partial charge in [-0.3, -0.25) is 0 Å². The van der Waals surface area contributed by atoms with Gasteiger partial charge in [-0.25, -0.2) is 4.79 Å². The van der Waals surface area contributed by atoms with Crippen LogP contribution in [0.2, 0.25) is 0 Å². The minimum absolute atomic E-state index is 0.147. The molecule has 5 heteroatoms. The lowest BCUT2D eigenvalue weighted by atomic mass is 10.0. The molecule has 2 aromatic carbocycles. The highest BCUT2D eigenvalue weighted by Gasteiger charge is 2.17. The first kappa shape index (κ1) is 17.3. The van der Waals surface area contributed by atoms with Gasteiger partial charge in [0.1, 0.15) is 0 Å². The number of rotatable bonds is 5. The van der Waals surface area contributed by atoms with Crippen LogP contribution in [0.5, 0.6) is 0 Å². The van der Waals surface area contributed by atoms with Crippen LogP contribution in [0.4, 0.5) is 16.2 Å². The number of likely N-dealkylation sites (N-methyl/N-ethyl adjacent to an activating group) is 1. The third kappa shape index (κ3) is 3.94. The largest absolute Gasteiger partial charge is 0.394 e. The molecular formula is C20H25N3O2. The zero-order chi connectivity index (χ0) is 17.8. The second-order valence-corrected chi connectivity index (χ2v) is 6.44. The van der Waals surface area contributed by atoms with Gasteiger partial charge >= 0.3 is 6.03 Å². The lowest BCUT2D eigenvalue weighted by Gasteiger charge is -2.18. The average Bonchev–Trinajstić information content (AvgIpc) is 3.00. The van der Waals surface area contributed by atoms with Crippen molar-refractivity contribution in [1.82, 2.24) is 5.32 Å². The number of aliphatic hydroxyl groups is 1. The van der Waals surface area contributed by atoms with Crippen LogP contribution < -0.4 is 15.5 Å². The molecule has 0 aliphatic carbocycles. The molecule has 25 heavy (non-hydrogen) atoms. The highest BCUT2D eigenvalue weighted by atomic mass is 16.3. The molecule has 2 amide bonds. The van der Waals surface area contributed by atoms with Gasteiger partial charge in [-0.15, -0.1) is 0 Å². The first-order valence-corrected chi connectivity index (χ1v) is 8.72. The Morgan fingerprint density at radius 3 is 2.68 bits per heavy atom. The SMILES string of the molecule is CCc1ccc(C(CO)NC(=O)Nc2ccc3c(c2)N(C)CC3)cc1. The third-order valence-electron chi connectivity index (χ3n) is 4.75. The Balaban J connectivity index is 1.65. The summed E-state index contributed by atoms with van der Waals surface area (Å²) in [6.45, 7) is 2.95. The molecule has 0 radical (unpaired) electrons. The topological polar surface area (TPSA) is 64.6 Å². The Hall–Kier alpha value is -2.53. The molecule has 0 fully saturated rings. The molecular weight excluding hydrogens is 314 g/mol. The Morgan fingerprint density at radius 2 is 2.00 bits per heavy atom. The van der Waals surface area contributed by atoms with E-state index < -0.39 is 6.04 Å². The van der Waals surface area contributed by atoms with Crippen molar-refractivity contribution in [2.45, 2.75) is 25.8 Å². The van der Waals surface area contributed by atoms with Gasteiger partial charge in [-0.2, -0.15) is 0 Å². The molecule has 1 aliphatic rings. The number of carbonyl (C=O) groups excluding carboxylic acids is 1. The second-order valence-electron chi connectivity index (χ2n) is 6.44. The maximum absolute atomic E-state index is 12.3. The lowest BCUT2D eigenvalue weighted by molar-refractivity contribution is 0.225. The van der Waals surface area contributed by atoms with Crippen molar-refractivity contribution in [1.29, 1.82) is 0 Å². The number of benzene rings is 2. The van der Waals surface area contributed by atoms with E-state index in [2.05, 4.69) is 35.6 Å². The van der Waals surface area contributed by atoms with Crippen LogP contribution in [-0.2, 0) is 12.8 Å². The quantitative estimate of drug-likeness (QED) is 0.784. The summed E-state index contributed by atoms with van der Waals surface area (Å²) in [4.78, 5) is 14.5. The van der Waals surface area contributed by atoms with Gasteiger partial charge in [0.25, 0.3) is 0 Å². The summed E-state index contributed by atoms with van der Waals surface area (Å²) in [5.74, 6) is 0. The van der Waals surface area contributed by atoms with E-state index in [9.17, 15) is 9.90 Å². The van der Waals surface area contributed by atoms with Crippen LogP contribution >= 0.6 is 0 Å². The molecule has 0 bridgehead atoms. The van der Waals surface area contributed by atoms with Crippen molar-refractivity contribution in [2.24, 2.45) is 0 Å².